The van der Waals surface area contributed by atoms with E-state index in [1.807, 2.05) is 19.9 Å². The van der Waals surface area contributed by atoms with Crippen LogP contribution in [0.4, 0.5) is 0 Å². The molecule has 1 aliphatic carbocycles. The molecule has 1 N–H and O–H groups in total. The van der Waals surface area contributed by atoms with E-state index in [1.165, 1.54) is 16.0 Å². The van der Waals surface area contributed by atoms with Gasteiger partial charge in [-0.1, -0.05) is 38.1 Å². The summed E-state index contributed by atoms with van der Waals surface area (Å²) >= 11 is 0. The lowest BCUT2D eigenvalue weighted by Crippen LogP contribution is -3.10. The highest BCUT2D eigenvalue weighted by molar-refractivity contribution is 5.96. The van der Waals surface area contributed by atoms with Gasteiger partial charge in [-0.3, -0.25) is 0 Å². The number of carbonyl (C=O) groups is 2. The second kappa shape index (κ2) is 12.9. The first kappa shape index (κ1) is 29.5. The van der Waals surface area contributed by atoms with Gasteiger partial charge >= 0.3 is 11.9 Å². The summed E-state index contributed by atoms with van der Waals surface area (Å²) < 4.78 is 23.5. The van der Waals surface area contributed by atoms with Crippen LogP contribution in [0.3, 0.4) is 0 Å². The Morgan fingerprint density at radius 3 is 1.98 bits per heavy atom. The van der Waals surface area contributed by atoms with Crippen LogP contribution in [0.5, 0.6) is 23.0 Å². The van der Waals surface area contributed by atoms with Gasteiger partial charge in [0.05, 0.1) is 37.9 Å². The second-order valence-electron chi connectivity index (χ2n) is 11.4. The molecular formula is C37H38NO6+. The van der Waals surface area contributed by atoms with Crippen molar-refractivity contribution in [2.75, 3.05) is 26.8 Å². The van der Waals surface area contributed by atoms with Crippen molar-refractivity contribution in [1.29, 1.82) is 0 Å². The van der Waals surface area contributed by atoms with Gasteiger partial charge in [-0.25, -0.2) is 9.59 Å². The molecule has 226 valence electrons. The molecule has 2 atom stereocenters. The van der Waals surface area contributed by atoms with Gasteiger partial charge in [0.25, 0.3) is 0 Å². The van der Waals surface area contributed by atoms with Crippen LogP contribution in [0.1, 0.15) is 70.1 Å². The Hall–Kier alpha value is -4.62. The van der Waals surface area contributed by atoms with Crippen LogP contribution in [0.25, 0.3) is 11.1 Å². The van der Waals surface area contributed by atoms with E-state index in [-0.39, 0.29) is 11.5 Å². The number of nitrogens with one attached hydrogen (secondary N) is 1. The van der Waals surface area contributed by atoms with Crippen molar-refractivity contribution in [3.63, 3.8) is 0 Å². The summed E-state index contributed by atoms with van der Waals surface area (Å²) in [5.41, 5.74) is 6.23. The molecule has 7 nitrogen and oxygen atoms in total. The number of esters is 2. The molecule has 0 bridgehead atoms. The van der Waals surface area contributed by atoms with E-state index in [4.69, 9.17) is 18.9 Å². The van der Waals surface area contributed by atoms with Gasteiger partial charge in [0.15, 0.2) is 11.5 Å². The Bertz CT molecular complexity index is 1660. The minimum atomic E-state index is -0.547. The molecular weight excluding hydrogens is 554 g/mol. The number of fused-ring (bicyclic) bond motifs is 2. The molecule has 2 aliphatic rings. The maximum atomic E-state index is 13.6. The maximum absolute atomic E-state index is 13.6. The number of hydrogen-bond donors (Lipinski definition) is 1. The van der Waals surface area contributed by atoms with Crippen molar-refractivity contribution < 1.29 is 33.4 Å². The molecule has 4 aromatic carbocycles. The number of hydrogen-bond acceptors (Lipinski definition) is 6. The third-order valence-electron chi connectivity index (χ3n) is 8.35. The van der Waals surface area contributed by atoms with Crippen molar-refractivity contribution in [2.45, 2.75) is 45.6 Å². The third-order valence-corrected chi connectivity index (χ3v) is 8.35. The molecule has 0 spiro atoms. The van der Waals surface area contributed by atoms with Crippen molar-refractivity contribution >= 4 is 11.9 Å². The normalized spacial score (nSPS) is 16.3. The average molecular weight is 593 g/mol. The summed E-state index contributed by atoms with van der Waals surface area (Å²) in [6.07, 6.45) is 3.56. The molecule has 1 heterocycles. The van der Waals surface area contributed by atoms with Gasteiger partial charge in [0, 0.05) is 24.0 Å². The molecule has 0 saturated carbocycles. The zero-order valence-electron chi connectivity index (χ0n) is 25.5. The Labute approximate surface area is 258 Å². The molecule has 6 rings (SSSR count). The third kappa shape index (κ3) is 5.92. The number of quaternary nitrogens is 1. The zero-order valence-corrected chi connectivity index (χ0v) is 25.5. The standard InChI is InChI=1S/C37H37NO6/c1-4-21-41-28-14-9-25(10-15-28)36(39)43-32-18-13-27-23-31-33-24(19-20-38(31)3)7-6-8-30(33)34(27)35(32)44-37(40)26-11-16-29(17-12-26)42-22-5-2/h6-18,31H,4-5,19-23H2,1-3H3/p+1/t31-/m0/s1. The quantitative estimate of drug-likeness (QED) is 0.179. The van der Waals surface area contributed by atoms with Gasteiger partial charge in [0.1, 0.15) is 17.5 Å². The molecule has 44 heavy (non-hydrogen) atoms. The highest BCUT2D eigenvalue weighted by Gasteiger charge is 2.38. The van der Waals surface area contributed by atoms with Crippen molar-refractivity contribution in [1.82, 2.24) is 0 Å². The summed E-state index contributed by atoms with van der Waals surface area (Å²) in [7, 11) is 2.24. The molecule has 0 radical (unpaired) electrons. The van der Waals surface area contributed by atoms with Crippen LogP contribution >= 0.6 is 0 Å². The predicted molar refractivity (Wildman–Crippen MR) is 168 cm³/mol. The Morgan fingerprint density at radius 2 is 1.36 bits per heavy atom. The topological polar surface area (TPSA) is 75.5 Å². The summed E-state index contributed by atoms with van der Waals surface area (Å²) in [5.74, 6) is 0.747. The minimum absolute atomic E-state index is 0.198. The van der Waals surface area contributed by atoms with E-state index in [1.54, 1.807) is 54.6 Å². The fourth-order valence-electron chi connectivity index (χ4n) is 6.09. The summed E-state index contributed by atoms with van der Waals surface area (Å²) in [5, 5.41) is 0. The highest BCUT2D eigenvalue weighted by Crippen LogP contribution is 2.49. The minimum Gasteiger partial charge on any atom is -0.494 e. The highest BCUT2D eigenvalue weighted by atomic mass is 16.6. The van der Waals surface area contributed by atoms with Gasteiger partial charge in [-0.2, -0.15) is 0 Å². The van der Waals surface area contributed by atoms with Crippen molar-refractivity contribution in [3.05, 3.63) is 107 Å². The fourth-order valence-corrected chi connectivity index (χ4v) is 6.09. The maximum Gasteiger partial charge on any atom is 0.343 e. The number of carbonyl (C=O) groups excluding carboxylic acids is 2. The summed E-state index contributed by atoms with van der Waals surface area (Å²) in [6.45, 7) is 6.34. The van der Waals surface area contributed by atoms with E-state index in [9.17, 15) is 9.59 Å². The monoisotopic (exact) mass is 592 g/mol. The van der Waals surface area contributed by atoms with E-state index >= 15 is 0 Å². The predicted octanol–water partition coefficient (Wildman–Crippen LogP) is 6.04. The largest absolute Gasteiger partial charge is 0.494 e. The fraction of sp³-hybridized carbons (Fsp3) is 0.297. The van der Waals surface area contributed by atoms with Crippen LogP contribution in [0, 0.1) is 0 Å². The first-order chi connectivity index (χ1) is 21.5. The molecule has 1 unspecified atom stereocenters. The summed E-state index contributed by atoms with van der Waals surface area (Å²) in [4.78, 5) is 28.4. The van der Waals surface area contributed by atoms with Gasteiger partial charge in [0.2, 0.25) is 0 Å². The van der Waals surface area contributed by atoms with Crippen LogP contribution in [-0.4, -0.2) is 38.7 Å². The van der Waals surface area contributed by atoms with Crippen LogP contribution in [-0.2, 0) is 12.8 Å². The average Bonchev–Trinajstić information content (AvgIpc) is 3.05. The zero-order chi connectivity index (χ0) is 30.6. The molecule has 0 fully saturated rings. The smallest absolute Gasteiger partial charge is 0.343 e. The molecule has 0 saturated heterocycles. The number of likely N-dealkylation sites (N-methyl/N-ethyl adjacent to an activating group) is 1. The second-order valence-corrected chi connectivity index (χ2v) is 11.4. The number of ether oxygens (including phenoxy) is 4. The molecule has 0 aromatic heterocycles. The van der Waals surface area contributed by atoms with E-state index < -0.39 is 11.9 Å². The Morgan fingerprint density at radius 1 is 0.750 bits per heavy atom. The van der Waals surface area contributed by atoms with E-state index in [0.717, 1.165) is 48.9 Å². The van der Waals surface area contributed by atoms with Gasteiger partial charge in [-0.15, -0.1) is 0 Å². The first-order valence-corrected chi connectivity index (χ1v) is 15.5. The van der Waals surface area contributed by atoms with Gasteiger partial charge in [-0.05, 0) is 84.1 Å². The van der Waals surface area contributed by atoms with E-state index in [0.29, 0.717) is 41.9 Å². The SMILES string of the molecule is CCCOc1ccc(C(=O)Oc2ccc3c(c2OC(=O)c2ccc(OCCC)cc2)-c2cccc4c2[C@H](C3)[NH+](C)CC4)cc1. The van der Waals surface area contributed by atoms with Crippen LogP contribution in [0.15, 0.2) is 78.9 Å². The Kier molecular flexibility index (Phi) is 8.66. The molecule has 1 aliphatic heterocycles. The lowest BCUT2D eigenvalue weighted by atomic mass is 9.77. The van der Waals surface area contributed by atoms with Crippen LogP contribution < -0.4 is 23.8 Å². The number of rotatable bonds is 10. The summed E-state index contributed by atoms with van der Waals surface area (Å²) in [6, 6.07) is 24.1. The van der Waals surface area contributed by atoms with Crippen LogP contribution in [0.2, 0.25) is 0 Å². The lowest BCUT2D eigenvalue weighted by Gasteiger charge is -2.37. The first-order valence-electron chi connectivity index (χ1n) is 15.5. The van der Waals surface area contributed by atoms with Gasteiger partial charge < -0.3 is 23.8 Å². The molecule has 0 amide bonds. The van der Waals surface area contributed by atoms with Crippen molar-refractivity contribution in [3.8, 4) is 34.1 Å². The number of benzene rings is 4. The molecule has 7 heteroatoms. The Balaban J connectivity index is 1.38. The van der Waals surface area contributed by atoms with Crippen molar-refractivity contribution in [2.24, 2.45) is 0 Å². The van der Waals surface area contributed by atoms with E-state index in [2.05, 4.69) is 25.2 Å². The lowest BCUT2D eigenvalue weighted by molar-refractivity contribution is -0.914. The molecule has 4 aromatic rings.